The monoisotopic (exact) mass is 229 g/mol. The fraction of sp³-hybridized carbons (Fsp3) is 0.333. The second-order valence-electron chi connectivity index (χ2n) is 4.09. The average molecular weight is 229 g/mol. The molecule has 0 aliphatic carbocycles. The van der Waals surface area contributed by atoms with Gasteiger partial charge in [-0.25, -0.2) is 19.9 Å². The fourth-order valence-electron chi connectivity index (χ4n) is 1.54. The quantitative estimate of drug-likeness (QED) is 0.853. The molecular weight excluding hydrogens is 214 g/mol. The molecule has 2 aromatic rings. The van der Waals surface area contributed by atoms with Gasteiger partial charge in [0.25, 0.3) is 0 Å². The van der Waals surface area contributed by atoms with Crippen LogP contribution in [0.1, 0.15) is 18.3 Å². The van der Waals surface area contributed by atoms with Crippen molar-refractivity contribution in [3.05, 3.63) is 36.0 Å². The van der Waals surface area contributed by atoms with Crippen LogP contribution in [0.2, 0.25) is 0 Å². The van der Waals surface area contributed by atoms with Gasteiger partial charge in [-0.1, -0.05) is 0 Å². The van der Waals surface area contributed by atoms with Gasteiger partial charge in [-0.15, -0.1) is 0 Å². The van der Waals surface area contributed by atoms with Gasteiger partial charge >= 0.3 is 0 Å². The summed E-state index contributed by atoms with van der Waals surface area (Å²) in [5.74, 6) is 1.33. The van der Waals surface area contributed by atoms with Crippen molar-refractivity contribution >= 4 is 0 Å². The molecular formula is C12H15N5. The Labute approximate surface area is 100 Å². The second-order valence-corrected chi connectivity index (χ2v) is 4.09. The molecule has 0 aliphatic heterocycles. The van der Waals surface area contributed by atoms with Crippen LogP contribution in [-0.2, 0) is 6.42 Å². The van der Waals surface area contributed by atoms with E-state index in [0.29, 0.717) is 11.6 Å². The minimum atomic E-state index is 0.116. The van der Waals surface area contributed by atoms with Crippen molar-refractivity contribution in [3.63, 3.8) is 0 Å². The highest BCUT2D eigenvalue weighted by atomic mass is 14.9. The van der Waals surface area contributed by atoms with Crippen LogP contribution in [0.4, 0.5) is 0 Å². The molecule has 0 spiro atoms. The van der Waals surface area contributed by atoms with Gasteiger partial charge < -0.3 is 5.73 Å². The van der Waals surface area contributed by atoms with E-state index in [9.17, 15) is 0 Å². The summed E-state index contributed by atoms with van der Waals surface area (Å²) in [5.41, 5.74) is 7.49. The third kappa shape index (κ3) is 3.04. The van der Waals surface area contributed by atoms with E-state index >= 15 is 0 Å². The van der Waals surface area contributed by atoms with Crippen molar-refractivity contribution in [1.29, 1.82) is 0 Å². The van der Waals surface area contributed by atoms with E-state index in [4.69, 9.17) is 5.73 Å². The first-order valence-corrected chi connectivity index (χ1v) is 5.51. The summed E-state index contributed by atoms with van der Waals surface area (Å²) in [6.07, 6.45) is 6.08. The molecule has 0 bridgehead atoms. The SMILES string of the molecule is Cc1nccc(-c2ncc(CC(C)N)cn2)n1. The predicted octanol–water partition coefficient (Wildman–Crippen LogP) is 1.13. The number of aromatic nitrogens is 4. The van der Waals surface area contributed by atoms with Crippen LogP contribution >= 0.6 is 0 Å². The number of nitrogens with zero attached hydrogens (tertiary/aromatic N) is 4. The Morgan fingerprint density at radius 1 is 1.24 bits per heavy atom. The molecule has 0 aliphatic rings. The summed E-state index contributed by atoms with van der Waals surface area (Å²) < 4.78 is 0. The van der Waals surface area contributed by atoms with E-state index < -0.39 is 0 Å². The summed E-state index contributed by atoms with van der Waals surface area (Å²) in [7, 11) is 0. The fourth-order valence-corrected chi connectivity index (χ4v) is 1.54. The zero-order chi connectivity index (χ0) is 12.3. The average Bonchev–Trinajstić information content (AvgIpc) is 2.29. The maximum atomic E-state index is 5.72. The maximum absolute atomic E-state index is 5.72. The topological polar surface area (TPSA) is 77.6 Å². The Balaban J connectivity index is 2.23. The largest absolute Gasteiger partial charge is 0.328 e. The Hall–Kier alpha value is -1.88. The van der Waals surface area contributed by atoms with Crippen LogP contribution < -0.4 is 5.73 Å². The van der Waals surface area contributed by atoms with Crippen LogP contribution in [-0.4, -0.2) is 26.0 Å². The highest BCUT2D eigenvalue weighted by molar-refractivity contribution is 5.47. The van der Waals surface area contributed by atoms with Crippen LogP contribution in [0.5, 0.6) is 0 Å². The lowest BCUT2D eigenvalue weighted by Crippen LogP contribution is -2.18. The molecule has 0 radical (unpaired) electrons. The van der Waals surface area contributed by atoms with Gasteiger partial charge in [-0.05, 0) is 31.9 Å². The molecule has 2 rings (SSSR count). The lowest BCUT2D eigenvalue weighted by molar-refractivity contribution is 0.732. The van der Waals surface area contributed by atoms with Gasteiger partial charge in [-0.3, -0.25) is 0 Å². The maximum Gasteiger partial charge on any atom is 0.178 e. The van der Waals surface area contributed by atoms with Crippen LogP contribution in [0.15, 0.2) is 24.7 Å². The van der Waals surface area contributed by atoms with Crippen LogP contribution in [0.3, 0.4) is 0 Å². The normalized spacial score (nSPS) is 12.4. The molecule has 2 aromatic heterocycles. The molecule has 1 unspecified atom stereocenters. The van der Waals surface area contributed by atoms with E-state index in [1.807, 2.05) is 13.8 Å². The number of hydrogen-bond acceptors (Lipinski definition) is 5. The molecule has 1 atom stereocenters. The molecule has 5 nitrogen and oxygen atoms in total. The number of nitrogens with two attached hydrogens (primary N) is 1. The van der Waals surface area contributed by atoms with Crippen molar-refractivity contribution in [3.8, 4) is 11.5 Å². The molecule has 0 aromatic carbocycles. The minimum Gasteiger partial charge on any atom is -0.328 e. The molecule has 0 saturated heterocycles. The Kier molecular flexibility index (Phi) is 3.39. The molecule has 17 heavy (non-hydrogen) atoms. The zero-order valence-corrected chi connectivity index (χ0v) is 9.96. The predicted molar refractivity (Wildman–Crippen MR) is 65.1 cm³/mol. The molecule has 0 fully saturated rings. The van der Waals surface area contributed by atoms with Gasteiger partial charge in [0.1, 0.15) is 11.5 Å². The highest BCUT2D eigenvalue weighted by Crippen LogP contribution is 2.11. The lowest BCUT2D eigenvalue weighted by atomic mass is 10.1. The van der Waals surface area contributed by atoms with Gasteiger partial charge in [0.05, 0.1) is 0 Å². The number of aryl methyl sites for hydroxylation is 1. The summed E-state index contributed by atoms with van der Waals surface area (Å²) in [6, 6.07) is 1.92. The molecule has 0 saturated carbocycles. The van der Waals surface area contributed by atoms with E-state index in [0.717, 1.165) is 17.7 Å². The van der Waals surface area contributed by atoms with Crippen molar-refractivity contribution < 1.29 is 0 Å². The Morgan fingerprint density at radius 3 is 2.53 bits per heavy atom. The standard InChI is InChI=1S/C12H15N5/c1-8(13)5-10-6-15-12(16-7-10)11-3-4-14-9(2)17-11/h3-4,6-8H,5,13H2,1-2H3. The van der Waals surface area contributed by atoms with Crippen molar-refractivity contribution in [2.45, 2.75) is 26.3 Å². The molecule has 2 heterocycles. The van der Waals surface area contributed by atoms with E-state index in [2.05, 4.69) is 19.9 Å². The minimum absolute atomic E-state index is 0.116. The molecule has 5 heteroatoms. The first kappa shape index (κ1) is 11.6. The first-order chi connectivity index (χ1) is 8.15. The Morgan fingerprint density at radius 2 is 1.94 bits per heavy atom. The second kappa shape index (κ2) is 4.97. The third-order valence-electron chi connectivity index (χ3n) is 2.27. The van der Waals surface area contributed by atoms with Crippen molar-refractivity contribution in [2.75, 3.05) is 0 Å². The highest BCUT2D eigenvalue weighted by Gasteiger charge is 2.04. The van der Waals surface area contributed by atoms with Crippen molar-refractivity contribution in [1.82, 2.24) is 19.9 Å². The zero-order valence-electron chi connectivity index (χ0n) is 9.96. The van der Waals surface area contributed by atoms with Gasteiger partial charge in [0.2, 0.25) is 0 Å². The van der Waals surface area contributed by atoms with E-state index in [-0.39, 0.29) is 6.04 Å². The molecule has 88 valence electrons. The smallest absolute Gasteiger partial charge is 0.178 e. The number of rotatable bonds is 3. The summed E-state index contributed by atoms with van der Waals surface area (Å²) in [6.45, 7) is 3.80. The van der Waals surface area contributed by atoms with Gasteiger partial charge in [-0.2, -0.15) is 0 Å². The van der Waals surface area contributed by atoms with Gasteiger partial charge in [0, 0.05) is 24.6 Å². The molecule has 2 N–H and O–H groups in total. The summed E-state index contributed by atoms with van der Waals surface area (Å²) >= 11 is 0. The Bertz CT molecular complexity index is 493. The van der Waals surface area contributed by atoms with Crippen LogP contribution in [0, 0.1) is 6.92 Å². The summed E-state index contributed by atoms with van der Waals surface area (Å²) in [5, 5.41) is 0. The lowest BCUT2D eigenvalue weighted by Gasteiger charge is -2.05. The number of hydrogen-bond donors (Lipinski definition) is 1. The molecule has 0 amide bonds. The van der Waals surface area contributed by atoms with E-state index in [1.54, 1.807) is 24.7 Å². The van der Waals surface area contributed by atoms with Crippen LogP contribution in [0.25, 0.3) is 11.5 Å². The van der Waals surface area contributed by atoms with Crippen molar-refractivity contribution in [2.24, 2.45) is 5.73 Å². The third-order valence-corrected chi connectivity index (χ3v) is 2.27. The van der Waals surface area contributed by atoms with E-state index in [1.165, 1.54) is 0 Å². The summed E-state index contributed by atoms with van der Waals surface area (Å²) in [4.78, 5) is 16.9. The van der Waals surface area contributed by atoms with Gasteiger partial charge in [0.15, 0.2) is 5.82 Å². The first-order valence-electron chi connectivity index (χ1n) is 5.51.